The molecule has 0 spiro atoms. The molecule has 4 rings (SSSR count). The van der Waals surface area contributed by atoms with Crippen molar-refractivity contribution >= 4 is 33.5 Å². The van der Waals surface area contributed by atoms with Gasteiger partial charge in [-0.25, -0.2) is 4.98 Å². The number of aromatic nitrogens is 3. The van der Waals surface area contributed by atoms with Crippen LogP contribution in [0.15, 0.2) is 47.5 Å². The van der Waals surface area contributed by atoms with Crippen molar-refractivity contribution in [2.45, 2.75) is 41.1 Å². The van der Waals surface area contributed by atoms with Crippen LogP contribution in [0.2, 0.25) is 0 Å². The third-order valence-electron chi connectivity index (χ3n) is 5.25. The number of aliphatic hydroxyl groups is 2. The first-order valence-corrected chi connectivity index (χ1v) is 12.1. The second-order valence-corrected chi connectivity index (χ2v) is 10.1. The Morgan fingerprint density at radius 1 is 1.18 bits per heavy atom. The molecule has 0 amide bonds. The lowest BCUT2D eigenvalue weighted by molar-refractivity contribution is -0.0328. The Hall–Kier alpha value is -2.43. The summed E-state index contributed by atoms with van der Waals surface area (Å²) in [4.78, 5) is 4.22. The number of halogens is 3. The van der Waals surface area contributed by atoms with Crippen molar-refractivity contribution in [3.63, 3.8) is 0 Å². The van der Waals surface area contributed by atoms with E-state index in [0.29, 0.717) is 22.7 Å². The van der Waals surface area contributed by atoms with Gasteiger partial charge in [-0.05, 0) is 36.4 Å². The second-order valence-electron chi connectivity index (χ2n) is 7.52. The standard InChI is InChI=1S/C19H20F3N5O5S2/c1-32-34(30,31)26-14-8-13(17(28)18(14)29)24-15-5-6-23-16-9-12(25-27(15)16)10-3-2-4-11(7-10)33-19(20,21)22/h2-7,9,13-14,17-18,24,26,28-29H,8H2,1H3/t13-,14+,17-,18+/m0/s1. The summed E-state index contributed by atoms with van der Waals surface area (Å²) in [5.74, 6) is 0.378. The zero-order chi connectivity index (χ0) is 24.7. The highest BCUT2D eigenvalue weighted by molar-refractivity contribution is 8.00. The van der Waals surface area contributed by atoms with Gasteiger partial charge in [0.2, 0.25) is 0 Å². The van der Waals surface area contributed by atoms with Gasteiger partial charge in [-0.15, -0.1) is 0 Å². The number of thioether (sulfide) groups is 1. The number of hydrogen-bond acceptors (Lipinski definition) is 9. The van der Waals surface area contributed by atoms with E-state index in [4.69, 9.17) is 0 Å². The molecule has 184 valence electrons. The maximum absolute atomic E-state index is 12.7. The van der Waals surface area contributed by atoms with Gasteiger partial charge < -0.3 is 15.5 Å². The van der Waals surface area contributed by atoms with Crippen LogP contribution in [0.1, 0.15) is 6.42 Å². The Bertz CT molecular complexity index is 1290. The number of nitrogens with one attached hydrogen (secondary N) is 2. The maximum atomic E-state index is 12.7. The molecule has 0 unspecified atom stereocenters. The molecule has 15 heteroatoms. The number of hydrogen-bond donors (Lipinski definition) is 4. The molecule has 34 heavy (non-hydrogen) atoms. The largest absolute Gasteiger partial charge is 0.446 e. The second kappa shape index (κ2) is 9.31. The number of aliphatic hydroxyl groups excluding tert-OH is 2. The lowest BCUT2D eigenvalue weighted by Crippen LogP contribution is -2.43. The first kappa shape index (κ1) is 24.7. The Morgan fingerprint density at radius 2 is 1.91 bits per heavy atom. The van der Waals surface area contributed by atoms with Gasteiger partial charge in [-0.1, -0.05) is 12.1 Å². The smallest absolute Gasteiger partial charge is 0.389 e. The van der Waals surface area contributed by atoms with Crippen molar-refractivity contribution in [1.82, 2.24) is 19.3 Å². The van der Waals surface area contributed by atoms with Crippen LogP contribution in [0.3, 0.4) is 0 Å². The fourth-order valence-corrected chi connectivity index (χ4v) is 5.01. The minimum atomic E-state index is -4.42. The monoisotopic (exact) mass is 519 g/mol. The predicted molar refractivity (Wildman–Crippen MR) is 117 cm³/mol. The Labute approximate surface area is 196 Å². The molecule has 2 heterocycles. The number of alkyl halides is 3. The van der Waals surface area contributed by atoms with Crippen LogP contribution in [0, 0.1) is 0 Å². The molecule has 0 saturated heterocycles. The zero-order valence-corrected chi connectivity index (χ0v) is 19.1. The number of anilines is 1. The first-order valence-electron chi connectivity index (χ1n) is 9.87. The van der Waals surface area contributed by atoms with Crippen LogP contribution in [0.4, 0.5) is 19.0 Å². The highest BCUT2D eigenvalue weighted by atomic mass is 32.2. The summed E-state index contributed by atoms with van der Waals surface area (Å²) >= 11 is -0.225. The van der Waals surface area contributed by atoms with Crippen LogP contribution in [-0.4, -0.2) is 70.1 Å². The molecule has 3 aromatic rings. The SMILES string of the molecule is COS(=O)(=O)N[C@@H]1C[C@H](Nc2ccnc3cc(-c4cccc(SC(F)(F)F)c4)nn23)[C@H](O)[C@@H]1O. The normalized spacial score (nSPS) is 23.5. The average Bonchev–Trinajstić information content (AvgIpc) is 3.31. The molecule has 1 aromatic carbocycles. The number of nitrogens with zero attached hydrogens (tertiary/aromatic N) is 3. The van der Waals surface area contributed by atoms with Crippen molar-refractivity contribution in [2.75, 3.05) is 12.4 Å². The minimum Gasteiger partial charge on any atom is -0.389 e. The lowest BCUT2D eigenvalue weighted by Gasteiger charge is -2.19. The van der Waals surface area contributed by atoms with Crippen LogP contribution >= 0.6 is 11.8 Å². The van der Waals surface area contributed by atoms with Crippen LogP contribution in [0.25, 0.3) is 16.9 Å². The Balaban J connectivity index is 1.58. The molecular weight excluding hydrogens is 499 g/mol. The quantitative estimate of drug-likeness (QED) is 0.344. The van der Waals surface area contributed by atoms with Crippen molar-refractivity contribution in [3.8, 4) is 11.3 Å². The number of benzene rings is 1. The highest BCUT2D eigenvalue weighted by Gasteiger charge is 2.43. The van der Waals surface area contributed by atoms with Gasteiger partial charge in [0.05, 0.1) is 31.0 Å². The predicted octanol–water partition coefficient (Wildman–Crippen LogP) is 1.76. The molecule has 1 fully saturated rings. The summed E-state index contributed by atoms with van der Waals surface area (Å²) in [5, 5.41) is 28.1. The maximum Gasteiger partial charge on any atom is 0.446 e. The van der Waals surface area contributed by atoms with Crippen LogP contribution in [-0.2, 0) is 14.5 Å². The fourth-order valence-electron chi connectivity index (χ4n) is 3.71. The van der Waals surface area contributed by atoms with E-state index in [0.717, 1.165) is 7.11 Å². The van der Waals surface area contributed by atoms with Crippen LogP contribution < -0.4 is 10.0 Å². The van der Waals surface area contributed by atoms with E-state index >= 15 is 0 Å². The van der Waals surface area contributed by atoms with Gasteiger partial charge in [0.1, 0.15) is 11.9 Å². The minimum absolute atomic E-state index is 0.0148. The highest BCUT2D eigenvalue weighted by Crippen LogP contribution is 2.38. The average molecular weight is 520 g/mol. The topological polar surface area (TPSA) is 138 Å². The number of rotatable bonds is 7. The Kier molecular flexibility index (Phi) is 6.76. The third kappa shape index (κ3) is 5.45. The fraction of sp³-hybridized carbons (Fsp3) is 0.368. The van der Waals surface area contributed by atoms with Crippen LogP contribution in [0.5, 0.6) is 0 Å². The first-order chi connectivity index (χ1) is 16.0. The van der Waals surface area contributed by atoms with Gasteiger partial charge in [-0.2, -0.15) is 35.9 Å². The molecular formula is C19H20F3N5O5S2. The molecule has 10 nitrogen and oxygen atoms in total. The van der Waals surface area contributed by atoms with E-state index in [2.05, 4.69) is 24.3 Å². The van der Waals surface area contributed by atoms with Crippen molar-refractivity contribution in [3.05, 3.63) is 42.6 Å². The molecule has 0 bridgehead atoms. The summed E-state index contributed by atoms with van der Waals surface area (Å²) in [6.45, 7) is 0. The molecule has 2 aromatic heterocycles. The van der Waals surface area contributed by atoms with Gasteiger partial charge in [0.25, 0.3) is 0 Å². The van der Waals surface area contributed by atoms with E-state index in [-0.39, 0.29) is 23.1 Å². The van der Waals surface area contributed by atoms with Gasteiger partial charge in [0, 0.05) is 22.7 Å². The summed E-state index contributed by atoms with van der Waals surface area (Å²) < 4.78 is 69.4. The summed E-state index contributed by atoms with van der Waals surface area (Å²) in [6, 6.07) is 7.27. The van der Waals surface area contributed by atoms with Crippen molar-refractivity contribution < 1.29 is 36.0 Å². The molecule has 4 atom stereocenters. The van der Waals surface area contributed by atoms with E-state index in [1.807, 2.05) is 0 Å². The van der Waals surface area contributed by atoms with Gasteiger partial charge in [-0.3, -0.25) is 4.18 Å². The van der Waals surface area contributed by atoms with E-state index in [9.17, 15) is 31.8 Å². The van der Waals surface area contributed by atoms with Crippen molar-refractivity contribution in [2.24, 2.45) is 0 Å². The summed E-state index contributed by atoms with van der Waals surface area (Å²) in [7, 11) is -3.11. The molecule has 0 aliphatic heterocycles. The lowest BCUT2D eigenvalue weighted by atomic mass is 10.1. The van der Waals surface area contributed by atoms with E-state index in [1.54, 1.807) is 18.2 Å². The molecule has 4 N–H and O–H groups in total. The number of fused-ring (bicyclic) bond motifs is 1. The van der Waals surface area contributed by atoms with E-state index in [1.165, 1.54) is 28.9 Å². The van der Waals surface area contributed by atoms with Crippen molar-refractivity contribution in [1.29, 1.82) is 0 Å². The summed E-state index contributed by atoms with van der Waals surface area (Å²) in [5.41, 5.74) is -3.20. The Morgan fingerprint density at radius 3 is 2.62 bits per heavy atom. The molecule has 1 aliphatic rings. The van der Waals surface area contributed by atoms with Gasteiger partial charge >= 0.3 is 15.8 Å². The zero-order valence-electron chi connectivity index (χ0n) is 17.5. The molecule has 1 aliphatic carbocycles. The van der Waals surface area contributed by atoms with Gasteiger partial charge in [0.15, 0.2) is 5.65 Å². The summed E-state index contributed by atoms with van der Waals surface area (Å²) in [6.07, 6.45) is -1.18. The molecule has 0 radical (unpaired) electrons. The van der Waals surface area contributed by atoms with E-state index < -0.39 is 40.1 Å². The molecule has 1 saturated carbocycles. The third-order valence-corrected chi connectivity index (χ3v) is 7.00.